The van der Waals surface area contributed by atoms with Crippen LogP contribution in [-0.2, 0) is 0 Å². The molecule has 0 amide bonds. The molecule has 1 heterocycles. The molecule has 0 aliphatic carbocycles. The zero-order valence-corrected chi connectivity index (χ0v) is 16.6. The first-order chi connectivity index (χ1) is 13.6. The van der Waals surface area contributed by atoms with E-state index in [4.69, 9.17) is 23.7 Å². The molecule has 6 heteroatoms. The predicted molar refractivity (Wildman–Crippen MR) is 108 cm³/mol. The molecule has 0 aliphatic rings. The molecule has 0 fully saturated rings. The molecule has 3 aromatic rings. The SMILES string of the molecule is COc1ccc(-c2ccc(-c3cc(OC)c(OC)c(OC)c3)nc2)cc1OC. The maximum atomic E-state index is 5.42. The number of hydrogen-bond donors (Lipinski definition) is 0. The van der Waals surface area contributed by atoms with Crippen LogP contribution in [0.3, 0.4) is 0 Å². The Morgan fingerprint density at radius 3 is 1.61 bits per heavy atom. The Bertz CT molecular complexity index is 929. The molecule has 0 N–H and O–H groups in total. The average molecular weight is 381 g/mol. The summed E-state index contributed by atoms with van der Waals surface area (Å²) in [6, 6.07) is 13.5. The molecule has 0 aliphatic heterocycles. The molecule has 3 rings (SSSR count). The summed E-state index contributed by atoms with van der Waals surface area (Å²) in [5.74, 6) is 3.09. The van der Waals surface area contributed by atoms with Crippen LogP contribution in [0, 0.1) is 0 Å². The average Bonchev–Trinajstić information content (AvgIpc) is 2.77. The second-order valence-electron chi connectivity index (χ2n) is 5.92. The standard InChI is InChI=1S/C22H23NO5/c1-24-18-9-7-14(10-19(18)25-2)15-6-8-17(23-13-15)16-11-20(26-3)22(28-5)21(12-16)27-4/h6-13H,1-5H3. The van der Waals surface area contributed by atoms with Crippen LogP contribution in [-0.4, -0.2) is 40.5 Å². The van der Waals surface area contributed by atoms with E-state index >= 15 is 0 Å². The first-order valence-corrected chi connectivity index (χ1v) is 8.64. The lowest BCUT2D eigenvalue weighted by atomic mass is 10.0. The Morgan fingerprint density at radius 2 is 1.11 bits per heavy atom. The van der Waals surface area contributed by atoms with Gasteiger partial charge in [-0.15, -0.1) is 0 Å². The second kappa shape index (κ2) is 8.52. The maximum absolute atomic E-state index is 5.42. The maximum Gasteiger partial charge on any atom is 0.203 e. The summed E-state index contributed by atoms with van der Waals surface area (Å²) < 4.78 is 26.9. The molecule has 0 radical (unpaired) electrons. The fourth-order valence-electron chi connectivity index (χ4n) is 2.98. The van der Waals surface area contributed by atoms with Crippen LogP contribution >= 0.6 is 0 Å². The third kappa shape index (κ3) is 3.67. The van der Waals surface area contributed by atoms with Gasteiger partial charge in [0.2, 0.25) is 5.75 Å². The largest absolute Gasteiger partial charge is 0.493 e. The van der Waals surface area contributed by atoms with Crippen molar-refractivity contribution in [3.8, 4) is 51.1 Å². The van der Waals surface area contributed by atoms with E-state index in [1.807, 2.05) is 48.7 Å². The molecule has 146 valence electrons. The van der Waals surface area contributed by atoms with Crippen molar-refractivity contribution in [1.82, 2.24) is 4.98 Å². The molecule has 0 unspecified atom stereocenters. The van der Waals surface area contributed by atoms with Crippen molar-refractivity contribution < 1.29 is 23.7 Å². The zero-order chi connectivity index (χ0) is 20.1. The number of pyridine rings is 1. The molecule has 0 saturated carbocycles. The van der Waals surface area contributed by atoms with Gasteiger partial charge < -0.3 is 23.7 Å². The zero-order valence-electron chi connectivity index (χ0n) is 16.6. The molecule has 1 aromatic heterocycles. The van der Waals surface area contributed by atoms with Gasteiger partial charge in [-0.3, -0.25) is 4.98 Å². The fraction of sp³-hybridized carbons (Fsp3) is 0.227. The summed E-state index contributed by atoms with van der Waals surface area (Å²) in [5, 5.41) is 0. The number of aromatic nitrogens is 1. The highest BCUT2D eigenvalue weighted by molar-refractivity contribution is 5.72. The lowest BCUT2D eigenvalue weighted by Gasteiger charge is -2.14. The molecule has 0 atom stereocenters. The van der Waals surface area contributed by atoms with Crippen LogP contribution < -0.4 is 23.7 Å². The summed E-state index contributed by atoms with van der Waals surface area (Å²) in [7, 11) is 8.00. The minimum atomic E-state index is 0.552. The Morgan fingerprint density at radius 1 is 0.536 bits per heavy atom. The van der Waals surface area contributed by atoms with E-state index < -0.39 is 0 Å². The van der Waals surface area contributed by atoms with Crippen LogP contribution in [0.2, 0.25) is 0 Å². The van der Waals surface area contributed by atoms with Crippen molar-refractivity contribution in [1.29, 1.82) is 0 Å². The van der Waals surface area contributed by atoms with Crippen molar-refractivity contribution in [2.45, 2.75) is 0 Å². The van der Waals surface area contributed by atoms with Crippen LogP contribution in [0.4, 0.5) is 0 Å². The highest BCUT2D eigenvalue weighted by Crippen LogP contribution is 2.41. The van der Waals surface area contributed by atoms with E-state index in [1.54, 1.807) is 35.5 Å². The van der Waals surface area contributed by atoms with Crippen molar-refractivity contribution in [2.24, 2.45) is 0 Å². The van der Waals surface area contributed by atoms with Crippen molar-refractivity contribution >= 4 is 0 Å². The van der Waals surface area contributed by atoms with Crippen LogP contribution in [0.5, 0.6) is 28.7 Å². The lowest BCUT2D eigenvalue weighted by Crippen LogP contribution is -1.96. The van der Waals surface area contributed by atoms with E-state index in [9.17, 15) is 0 Å². The molecular weight excluding hydrogens is 358 g/mol. The fourth-order valence-corrected chi connectivity index (χ4v) is 2.98. The molecular formula is C22H23NO5. The number of rotatable bonds is 7. The van der Waals surface area contributed by atoms with E-state index in [2.05, 4.69) is 4.98 Å². The minimum absolute atomic E-state index is 0.552. The summed E-state index contributed by atoms with van der Waals surface area (Å²) in [4.78, 5) is 4.61. The third-order valence-corrected chi connectivity index (χ3v) is 4.44. The molecule has 28 heavy (non-hydrogen) atoms. The van der Waals surface area contributed by atoms with Crippen LogP contribution in [0.25, 0.3) is 22.4 Å². The molecule has 0 spiro atoms. The van der Waals surface area contributed by atoms with Crippen molar-refractivity contribution in [3.05, 3.63) is 48.7 Å². The summed E-state index contributed by atoms with van der Waals surface area (Å²) in [6.45, 7) is 0. The Hall–Kier alpha value is -3.41. The van der Waals surface area contributed by atoms with E-state index in [0.717, 1.165) is 22.4 Å². The van der Waals surface area contributed by atoms with Crippen LogP contribution in [0.15, 0.2) is 48.7 Å². The molecule has 0 saturated heterocycles. The quantitative estimate of drug-likeness (QED) is 0.602. The van der Waals surface area contributed by atoms with Gasteiger partial charge in [0, 0.05) is 17.3 Å². The first-order valence-electron chi connectivity index (χ1n) is 8.64. The van der Waals surface area contributed by atoms with Gasteiger partial charge in [-0.1, -0.05) is 12.1 Å². The van der Waals surface area contributed by atoms with Crippen molar-refractivity contribution in [2.75, 3.05) is 35.5 Å². The number of nitrogens with zero attached hydrogens (tertiary/aromatic N) is 1. The highest BCUT2D eigenvalue weighted by Gasteiger charge is 2.15. The Kier molecular flexibility index (Phi) is 5.89. The first kappa shape index (κ1) is 19.4. The highest BCUT2D eigenvalue weighted by atomic mass is 16.5. The Balaban J connectivity index is 1.97. The van der Waals surface area contributed by atoms with Gasteiger partial charge in [-0.2, -0.15) is 0 Å². The lowest BCUT2D eigenvalue weighted by molar-refractivity contribution is 0.324. The number of ether oxygens (including phenoxy) is 5. The summed E-state index contributed by atoms with van der Waals surface area (Å²) in [6.07, 6.45) is 1.82. The van der Waals surface area contributed by atoms with Crippen LogP contribution in [0.1, 0.15) is 0 Å². The summed E-state index contributed by atoms with van der Waals surface area (Å²) in [5.41, 5.74) is 3.62. The van der Waals surface area contributed by atoms with Gasteiger partial charge in [-0.25, -0.2) is 0 Å². The normalized spacial score (nSPS) is 10.3. The third-order valence-electron chi connectivity index (χ3n) is 4.44. The Labute approximate surface area is 164 Å². The smallest absolute Gasteiger partial charge is 0.203 e. The predicted octanol–water partition coefficient (Wildman–Crippen LogP) is 4.46. The minimum Gasteiger partial charge on any atom is -0.493 e. The molecule has 2 aromatic carbocycles. The van der Waals surface area contributed by atoms with Gasteiger partial charge in [0.15, 0.2) is 23.0 Å². The van der Waals surface area contributed by atoms with Gasteiger partial charge in [0.1, 0.15) is 0 Å². The van der Waals surface area contributed by atoms with Gasteiger partial charge in [-0.05, 0) is 35.9 Å². The number of benzene rings is 2. The van der Waals surface area contributed by atoms with E-state index in [0.29, 0.717) is 28.7 Å². The van der Waals surface area contributed by atoms with Crippen molar-refractivity contribution in [3.63, 3.8) is 0 Å². The number of hydrogen-bond acceptors (Lipinski definition) is 6. The number of methoxy groups -OCH3 is 5. The van der Waals surface area contributed by atoms with E-state index in [-0.39, 0.29) is 0 Å². The molecule has 6 nitrogen and oxygen atoms in total. The van der Waals surface area contributed by atoms with Gasteiger partial charge in [0.05, 0.1) is 41.2 Å². The van der Waals surface area contributed by atoms with Gasteiger partial charge in [0.25, 0.3) is 0 Å². The monoisotopic (exact) mass is 381 g/mol. The summed E-state index contributed by atoms with van der Waals surface area (Å²) >= 11 is 0. The molecule has 0 bridgehead atoms. The van der Waals surface area contributed by atoms with E-state index in [1.165, 1.54) is 0 Å². The second-order valence-corrected chi connectivity index (χ2v) is 5.92. The van der Waals surface area contributed by atoms with Gasteiger partial charge >= 0.3 is 0 Å². The topological polar surface area (TPSA) is 59.0 Å².